The molecule has 18 heavy (non-hydrogen) atoms. The van der Waals surface area contributed by atoms with E-state index in [-0.39, 0.29) is 11.9 Å². The van der Waals surface area contributed by atoms with Crippen LogP contribution in [0, 0.1) is 6.92 Å². The number of carbonyl (C=O) groups is 1. The highest BCUT2D eigenvalue weighted by Crippen LogP contribution is 2.13. The Morgan fingerprint density at radius 2 is 1.89 bits per heavy atom. The second-order valence-corrected chi connectivity index (χ2v) is 4.44. The van der Waals surface area contributed by atoms with Gasteiger partial charge in [0, 0.05) is 13.2 Å². The van der Waals surface area contributed by atoms with Gasteiger partial charge in [-0.1, -0.05) is 17.7 Å². The van der Waals surface area contributed by atoms with Gasteiger partial charge in [-0.15, -0.1) is 0 Å². The van der Waals surface area contributed by atoms with Crippen molar-refractivity contribution < 1.29 is 14.3 Å². The van der Waals surface area contributed by atoms with E-state index in [1.165, 1.54) is 0 Å². The van der Waals surface area contributed by atoms with E-state index in [2.05, 4.69) is 5.32 Å². The second-order valence-electron chi connectivity index (χ2n) is 4.44. The molecule has 0 radical (unpaired) electrons. The molecule has 1 aromatic carbocycles. The predicted octanol–water partition coefficient (Wildman–Crippen LogP) is 1.91. The molecule has 0 saturated carbocycles. The zero-order chi connectivity index (χ0) is 13.5. The van der Waals surface area contributed by atoms with Gasteiger partial charge in [-0.2, -0.15) is 0 Å². The highest BCUT2D eigenvalue weighted by molar-refractivity contribution is 5.80. The minimum Gasteiger partial charge on any atom is -0.481 e. The first-order chi connectivity index (χ1) is 8.52. The highest BCUT2D eigenvalue weighted by atomic mass is 16.5. The van der Waals surface area contributed by atoms with Gasteiger partial charge in [0.2, 0.25) is 0 Å². The van der Waals surface area contributed by atoms with E-state index >= 15 is 0 Å². The Bertz CT molecular complexity index is 375. The molecule has 4 heteroatoms. The first-order valence-electron chi connectivity index (χ1n) is 6.05. The monoisotopic (exact) mass is 251 g/mol. The van der Waals surface area contributed by atoms with Crippen molar-refractivity contribution in [2.24, 2.45) is 0 Å². The van der Waals surface area contributed by atoms with Crippen LogP contribution in [0.15, 0.2) is 24.3 Å². The van der Waals surface area contributed by atoms with Gasteiger partial charge in [0.1, 0.15) is 5.75 Å². The van der Waals surface area contributed by atoms with Gasteiger partial charge < -0.3 is 14.8 Å². The lowest BCUT2D eigenvalue weighted by atomic mass is 10.2. The number of nitrogens with one attached hydrogen (secondary N) is 1. The van der Waals surface area contributed by atoms with Gasteiger partial charge in [-0.05, 0) is 32.9 Å². The molecule has 2 atom stereocenters. The summed E-state index contributed by atoms with van der Waals surface area (Å²) in [5.41, 5.74) is 1.16. The number of carbonyl (C=O) groups excluding carboxylic acids is 1. The average molecular weight is 251 g/mol. The summed E-state index contributed by atoms with van der Waals surface area (Å²) >= 11 is 0. The summed E-state index contributed by atoms with van der Waals surface area (Å²) < 4.78 is 10.5. The van der Waals surface area contributed by atoms with E-state index in [1.807, 2.05) is 38.1 Å². The summed E-state index contributed by atoms with van der Waals surface area (Å²) in [6, 6.07) is 7.60. The SMILES string of the molecule is COC[C@@H](C)NC(=O)[C@H](C)Oc1ccc(C)cc1. The fourth-order valence-corrected chi connectivity index (χ4v) is 1.53. The van der Waals surface area contributed by atoms with E-state index in [0.717, 1.165) is 5.56 Å². The summed E-state index contributed by atoms with van der Waals surface area (Å²) in [5.74, 6) is 0.558. The van der Waals surface area contributed by atoms with Crippen molar-refractivity contribution in [1.29, 1.82) is 0 Å². The van der Waals surface area contributed by atoms with Crippen LogP contribution in [0.3, 0.4) is 0 Å². The van der Waals surface area contributed by atoms with Crippen LogP contribution >= 0.6 is 0 Å². The van der Waals surface area contributed by atoms with Crippen LogP contribution < -0.4 is 10.1 Å². The van der Waals surface area contributed by atoms with Crippen LogP contribution in [0.2, 0.25) is 0 Å². The molecule has 1 aromatic rings. The number of methoxy groups -OCH3 is 1. The molecule has 0 aromatic heterocycles. The van der Waals surface area contributed by atoms with Crippen molar-refractivity contribution >= 4 is 5.91 Å². The number of amides is 1. The number of hydrogen-bond donors (Lipinski definition) is 1. The van der Waals surface area contributed by atoms with Crippen molar-refractivity contribution in [2.75, 3.05) is 13.7 Å². The largest absolute Gasteiger partial charge is 0.481 e. The molecule has 0 unspecified atom stereocenters. The van der Waals surface area contributed by atoms with Gasteiger partial charge >= 0.3 is 0 Å². The molecule has 1 amide bonds. The van der Waals surface area contributed by atoms with Crippen molar-refractivity contribution in [3.8, 4) is 5.75 Å². The highest BCUT2D eigenvalue weighted by Gasteiger charge is 2.16. The Balaban J connectivity index is 2.46. The van der Waals surface area contributed by atoms with Gasteiger partial charge in [-0.3, -0.25) is 4.79 Å². The molecular weight excluding hydrogens is 230 g/mol. The lowest BCUT2D eigenvalue weighted by Gasteiger charge is -2.18. The first kappa shape index (κ1) is 14.5. The van der Waals surface area contributed by atoms with E-state index in [4.69, 9.17) is 9.47 Å². The summed E-state index contributed by atoms with van der Waals surface area (Å²) in [6.07, 6.45) is -0.521. The van der Waals surface area contributed by atoms with Crippen LogP contribution in [0.25, 0.3) is 0 Å². The van der Waals surface area contributed by atoms with E-state index in [0.29, 0.717) is 12.4 Å². The Morgan fingerprint density at radius 1 is 1.28 bits per heavy atom. The van der Waals surface area contributed by atoms with Crippen molar-refractivity contribution in [2.45, 2.75) is 32.9 Å². The summed E-state index contributed by atoms with van der Waals surface area (Å²) in [4.78, 5) is 11.8. The van der Waals surface area contributed by atoms with Crippen molar-refractivity contribution in [3.63, 3.8) is 0 Å². The Hall–Kier alpha value is -1.55. The number of aryl methyl sites for hydroxylation is 1. The van der Waals surface area contributed by atoms with Crippen LogP contribution in [0.5, 0.6) is 5.75 Å². The zero-order valence-electron chi connectivity index (χ0n) is 11.4. The number of hydrogen-bond acceptors (Lipinski definition) is 3. The van der Waals surface area contributed by atoms with Gasteiger partial charge in [0.05, 0.1) is 6.61 Å². The molecule has 0 spiro atoms. The fraction of sp³-hybridized carbons (Fsp3) is 0.500. The fourth-order valence-electron chi connectivity index (χ4n) is 1.53. The third kappa shape index (κ3) is 4.75. The number of ether oxygens (including phenoxy) is 2. The molecule has 100 valence electrons. The van der Waals surface area contributed by atoms with E-state index < -0.39 is 6.10 Å². The molecule has 0 aliphatic carbocycles. The summed E-state index contributed by atoms with van der Waals surface area (Å²) in [5, 5.41) is 2.82. The quantitative estimate of drug-likeness (QED) is 0.840. The van der Waals surface area contributed by atoms with Crippen LogP contribution in [0.1, 0.15) is 19.4 Å². The minimum atomic E-state index is -0.521. The molecule has 0 heterocycles. The number of benzene rings is 1. The second kappa shape index (κ2) is 7.01. The molecular formula is C14H21NO3. The van der Waals surface area contributed by atoms with Gasteiger partial charge in [0.15, 0.2) is 6.10 Å². The summed E-state index contributed by atoms with van der Waals surface area (Å²) in [7, 11) is 1.61. The molecule has 1 N–H and O–H groups in total. The third-order valence-corrected chi connectivity index (χ3v) is 2.51. The molecule has 1 rings (SSSR count). The van der Waals surface area contributed by atoms with E-state index in [9.17, 15) is 4.79 Å². The molecule has 4 nitrogen and oxygen atoms in total. The molecule has 0 aliphatic rings. The van der Waals surface area contributed by atoms with Crippen molar-refractivity contribution in [3.05, 3.63) is 29.8 Å². The molecule has 0 fully saturated rings. The first-order valence-corrected chi connectivity index (χ1v) is 6.05. The zero-order valence-corrected chi connectivity index (χ0v) is 11.4. The maximum atomic E-state index is 11.8. The normalized spacial score (nSPS) is 13.8. The Labute approximate surface area is 108 Å². The molecule has 0 saturated heterocycles. The molecule has 0 bridgehead atoms. The van der Waals surface area contributed by atoms with Gasteiger partial charge in [-0.25, -0.2) is 0 Å². The standard InChI is InChI=1S/C14H21NO3/c1-10-5-7-13(8-6-10)18-12(3)14(16)15-11(2)9-17-4/h5-8,11-12H,9H2,1-4H3,(H,15,16)/t11-,12+/m1/s1. The van der Waals surface area contributed by atoms with Gasteiger partial charge in [0.25, 0.3) is 5.91 Å². The lowest BCUT2D eigenvalue weighted by Crippen LogP contribution is -2.43. The number of rotatable bonds is 6. The van der Waals surface area contributed by atoms with E-state index in [1.54, 1.807) is 14.0 Å². The Kier molecular flexibility index (Phi) is 5.65. The maximum absolute atomic E-state index is 11.8. The maximum Gasteiger partial charge on any atom is 0.261 e. The van der Waals surface area contributed by atoms with Crippen LogP contribution in [0.4, 0.5) is 0 Å². The van der Waals surface area contributed by atoms with Crippen molar-refractivity contribution in [1.82, 2.24) is 5.32 Å². The average Bonchev–Trinajstić information content (AvgIpc) is 2.32. The smallest absolute Gasteiger partial charge is 0.261 e. The Morgan fingerprint density at radius 3 is 2.44 bits per heavy atom. The van der Waals surface area contributed by atoms with Crippen LogP contribution in [-0.4, -0.2) is 31.8 Å². The third-order valence-electron chi connectivity index (χ3n) is 2.51. The topological polar surface area (TPSA) is 47.6 Å². The predicted molar refractivity (Wildman–Crippen MR) is 70.7 cm³/mol. The summed E-state index contributed by atoms with van der Waals surface area (Å²) in [6.45, 7) is 6.12. The molecule has 0 aliphatic heterocycles. The minimum absolute atomic E-state index is 0.0217. The lowest BCUT2D eigenvalue weighted by molar-refractivity contribution is -0.128. The van der Waals surface area contributed by atoms with Crippen LogP contribution in [-0.2, 0) is 9.53 Å².